The maximum atomic E-state index is 13.4. The first-order chi connectivity index (χ1) is 15.9. The highest BCUT2D eigenvalue weighted by Gasteiger charge is 2.31. The van der Waals surface area contributed by atoms with Crippen molar-refractivity contribution in [2.24, 2.45) is 0 Å². The zero-order valence-corrected chi connectivity index (χ0v) is 20.5. The van der Waals surface area contributed by atoms with Gasteiger partial charge in [0.1, 0.15) is 24.0 Å². The molecule has 2 aromatic carbocycles. The van der Waals surface area contributed by atoms with Crippen LogP contribution in [0.2, 0.25) is 0 Å². The van der Waals surface area contributed by atoms with Gasteiger partial charge in [-0.15, -0.1) is 0 Å². The van der Waals surface area contributed by atoms with E-state index in [-0.39, 0.29) is 23.7 Å². The zero-order chi connectivity index (χ0) is 25.6. The fraction of sp³-hybridized carbons (Fsp3) is 0.364. The Morgan fingerprint density at radius 2 is 1.85 bits per heavy atom. The molecule has 0 saturated carbocycles. The maximum absolute atomic E-state index is 13.4. The molecule has 0 heterocycles. The summed E-state index contributed by atoms with van der Waals surface area (Å²) in [7, 11) is -1.35. The lowest BCUT2D eigenvalue weighted by atomic mass is 10.1. The summed E-state index contributed by atoms with van der Waals surface area (Å²) in [5.74, 6) is -1.06. The molecule has 2 aromatic rings. The molecule has 0 saturated heterocycles. The van der Waals surface area contributed by atoms with Gasteiger partial charge in [0.2, 0.25) is 21.8 Å². The first-order valence-electron chi connectivity index (χ1n) is 10.3. The Bertz CT molecular complexity index is 1180. The number of sulfonamides is 1. The van der Waals surface area contributed by atoms with Crippen LogP contribution >= 0.6 is 0 Å². The molecule has 0 aromatic heterocycles. The molecule has 1 atom stereocenters. The molecular formula is C22H28N4O7S. The van der Waals surface area contributed by atoms with Crippen LogP contribution in [-0.2, 0) is 26.2 Å². The summed E-state index contributed by atoms with van der Waals surface area (Å²) in [5.41, 5.74) is 1.15. The lowest BCUT2D eigenvalue weighted by molar-refractivity contribution is -0.384. The Hall–Kier alpha value is -3.67. The fourth-order valence-electron chi connectivity index (χ4n) is 3.34. The normalized spacial score (nSPS) is 11.9. The quantitative estimate of drug-likeness (QED) is 0.394. The van der Waals surface area contributed by atoms with Gasteiger partial charge in [-0.3, -0.25) is 24.0 Å². The number of ether oxygens (including phenoxy) is 1. The Morgan fingerprint density at radius 3 is 2.38 bits per heavy atom. The van der Waals surface area contributed by atoms with Crippen LogP contribution in [0.1, 0.15) is 18.1 Å². The average molecular weight is 493 g/mol. The number of nitro groups is 1. The molecule has 0 unspecified atom stereocenters. The SMILES string of the molecule is CNC(=O)[C@H](C)N(Cc1ccccc1C)C(=O)CN(c1cc([N+](=O)[O-])ccc1OC)S(C)(=O)=O. The Labute approximate surface area is 198 Å². The minimum absolute atomic E-state index is 0.0358. The summed E-state index contributed by atoms with van der Waals surface area (Å²) in [6, 6.07) is 9.85. The van der Waals surface area contributed by atoms with E-state index < -0.39 is 39.3 Å². The number of methoxy groups -OCH3 is 1. The molecule has 34 heavy (non-hydrogen) atoms. The molecule has 11 nitrogen and oxygen atoms in total. The molecule has 0 spiro atoms. The predicted molar refractivity (Wildman–Crippen MR) is 127 cm³/mol. The molecule has 2 rings (SSSR count). The molecule has 12 heteroatoms. The molecule has 0 aliphatic heterocycles. The van der Waals surface area contributed by atoms with Crippen LogP contribution in [0.4, 0.5) is 11.4 Å². The number of likely N-dealkylation sites (N-methyl/N-ethyl adjacent to an activating group) is 1. The summed E-state index contributed by atoms with van der Waals surface area (Å²) in [5, 5.41) is 13.8. The number of nitro benzene ring substituents is 1. The van der Waals surface area contributed by atoms with Crippen LogP contribution in [0.15, 0.2) is 42.5 Å². The van der Waals surface area contributed by atoms with Gasteiger partial charge in [-0.1, -0.05) is 24.3 Å². The van der Waals surface area contributed by atoms with Gasteiger partial charge >= 0.3 is 0 Å². The van der Waals surface area contributed by atoms with Gasteiger partial charge in [0.25, 0.3) is 5.69 Å². The van der Waals surface area contributed by atoms with E-state index in [9.17, 15) is 28.1 Å². The highest BCUT2D eigenvalue weighted by molar-refractivity contribution is 7.92. The van der Waals surface area contributed by atoms with Gasteiger partial charge < -0.3 is 15.0 Å². The van der Waals surface area contributed by atoms with E-state index in [1.807, 2.05) is 25.1 Å². The van der Waals surface area contributed by atoms with E-state index in [0.717, 1.165) is 27.8 Å². The van der Waals surface area contributed by atoms with Gasteiger partial charge in [0, 0.05) is 25.7 Å². The van der Waals surface area contributed by atoms with Crippen molar-refractivity contribution in [2.75, 3.05) is 31.3 Å². The van der Waals surface area contributed by atoms with Gasteiger partial charge in [0.05, 0.1) is 18.3 Å². The molecule has 0 bridgehead atoms. The number of nitrogens with zero attached hydrogens (tertiary/aromatic N) is 3. The van der Waals surface area contributed by atoms with Crippen LogP contribution in [0.25, 0.3) is 0 Å². The summed E-state index contributed by atoms with van der Waals surface area (Å²) >= 11 is 0. The Morgan fingerprint density at radius 1 is 1.21 bits per heavy atom. The number of hydrogen-bond donors (Lipinski definition) is 1. The molecule has 1 N–H and O–H groups in total. The Balaban J connectivity index is 2.53. The van der Waals surface area contributed by atoms with E-state index in [2.05, 4.69) is 5.32 Å². The number of aryl methyl sites for hydroxylation is 1. The minimum atomic E-state index is -4.07. The van der Waals surface area contributed by atoms with Crippen molar-refractivity contribution in [1.29, 1.82) is 0 Å². The van der Waals surface area contributed by atoms with E-state index in [1.54, 1.807) is 6.07 Å². The summed E-state index contributed by atoms with van der Waals surface area (Å²) in [6.07, 6.45) is 0.881. The van der Waals surface area contributed by atoms with Crippen molar-refractivity contribution in [3.05, 3.63) is 63.7 Å². The second-order valence-corrected chi connectivity index (χ2v) is 9.53. The van der Waals surface area contributed by atoms with Crippen molar-refractivity contribution < 1.29 is 27.7 Å². The average Bonchev–Trinajstić information content (AvgIpc) is 2.79. The monoisotopic (exact) mass is 492 g/mol. The van der Waals surface area contributed by atoms with Crippen LogP contribution in [0, 0.1) is 17.0 Å². The van der Waals surface area contributed by atoms with Crippen LogP contribution in [-0.4, -0.2) is 63.1 Å². The van der Waals surface area contributed by atoms with Crippen molar-refractivity contribution in [3.63, 3.8) is 0 Å². The number of carbonyl (C=O) groups is 2. The minimum Gasteiger partial charge on any atom is -0.495 e. The number of non-ortho nitro benzene ring substituents is 1. The van der Waals surface area contributed by atoms with Crippen molar-refractivity contribution in [1.82, 2.24) is 10.2 Å². The van der Waals surface area contributed by atoms with Crippen molar-refractivity contribution in [3.8, 4) is 5.75 Å². The van der Waals surface area contributed by atoms with E-state index >= 15 is 0 Å². The van der Waals surface area contributed by atoms with Crippen LogP contribution in [0.5, 0.6) is 5.75 Å². The standard InChI is InChI=1S/C22H28N4O7S/c1-15-8-6-7-9-17(15)13-24(16(2)22(28)23-3)21(27)14-25(34(5,31)32)19-12-18(26(29)30)10-11-20(19)33-4/h6-12,16H,13-14H2,1-5H3,(H,23,28)/t16-/m0/s1. The maximum Gasteiger partial charge on any atom is 0.271 e. The first-order valence-corrected chi connectivity index (χ1v) is 12.1. The number of anilines is 1. The third-order valence-electron chi connectivity index (χ3n) is 5.34. The molecule has 0 fully saturated rings. The van der Waals surface area contributed by atoms with Gasteiger partial charge in [-0.05, 0) is 31.0 Å². The third-order valence-corrected chi connectivity index (χ3v) is 6.46. The second-order valence-electron chi connectivity index (χ2n) is 7.62. The molecule has 2 amide bonds. The largest absolute Gasteiger partial charge is 0.495 e. The summed E-state index contributed by atoms with van der Waals surface area (Å²) in [4.78, 5) is 37.7. The van der Waals surface area contributed by atoms with Gasteiger partial charge in [0.15, 0.2) is 0 Å². The smallest absolute Gasteiger partial charge is 0.271 e. The lowest BCUT2D eigenvalue weighted by Crippen LogP contribution is -2.50. The molecule has 0 aliphatic carbocycles. The number of nitrogens with one attached hydrogen (secondary N) is 1. The number of amides is 2. The molecule has 0 aliphatic rings. The Kier molecular flexibility index (Phi) is 8.57. The lowest BCUT2D eigenvalue weighted by Gasteiger charge is -2.31. The topological polar surface area (TPSA) is 139 Å². The molecule has 0 radical (unpaired) electrons. The predicted octanol–water partition coefficient (Wildman–Crippen LogP) is 1.84. The van der Waals surface area contributed by atoms with Gasteiger partial charge in [-0.25, -0.2) is 8.42 Å². The number of hydrogen-bond acceptors (Lipinski definition) is 7. The first kappa shape index (κ1) is 26.6. The number of rotatable bonds is 10. The van der Waals surface area contributed by atoms with Crippen molar-refractivity contribution in [2.45, 2.75) is 26.4 Å². The van der Waals surface area contributed by atoms with Crippen LogP contribution < -0.4 is 14.4 Å². The summed E-state index contributed by atoms with van der Waals surface area (Å²) < 4.78 is 31.3. The van der Waals surface area contributed by atoms with Gasteiger partial charge in [-0.2, -0.15) is 0 Å². The third kappa shape index (κ3) is 6.22. The zero-order valence-electron chi connectivity index (χ0n) is 19.6. The van der Waals surface area contributed by atoms with Crippen LogP contribution in [0.3, 0.4) is 0 Å². The summed E-state index contributed by atoms with van der Waals surface area (Å²) in [6.45, 7) is 2.76. The number of carbonyl (C=O) groups excluding carboxylic acids is 2. The second kappa shape index (κ2) is 11.0. The number of benzene rings is 2. The highest BCUT2D eigenvalue weighted by atomic mass is 32.2. The van der Waals surface area contributed by atoms with E-state index in [4.69, 9.17) is 4.74 Å². The fourth-order valence-corrected chi connectivity index (χ4v) is 4.19. The molecule has 184 valence electrons. The highest BCUT2D eigenvalue weighted by Crippen LogP contribution is 2.33. The van der Waals surface area contributed by atoms with E-state index in [0.29, 0.717) is 0 Å². The van der Waals surface area contributed by atoms with E-state index in [1.165, 1.54) is 38.1 Å². The van der Waals surface area contributed by atoms with Crippen molar-refractivity contribution >= 4 is 33.2 Å². The molecular weight excluding hydrogens is 464 g/mol.